The van der Waals surface area contributed by atoms with Gasteiger partial charge in [0.15, 0.2) is 0 Å². The van der Waals surface area contributed by atoms with Crippen LogP contribution in [0.4, 0.5) is 0 Å². The minimum atomic E-state index is 0.666. The van der Waals surface area contributed by atoms with Gasteiger partial charge in [0.1, 0.15) is 0 Å². The first-order chi connectivity index (χ1) is 9.38. The van der Waals surface area contributed by atoms with Crippen LogP contribution < -0.4 is 0 Å². The zero-order valence-electron chi connectivity index (χ0n) is 11.6. The Kier molecular flexibility index (Phi) is 5.54. The van der Waals surface area contributed by atoms with E-state index in [1.54, 1.807) is 0 Å². The predicted molar refractivity (Wildman–Crippen MR) is 78.9 cm³/mol. The number of unbranched alkanes of at least 4 members (excludes halogenated alkanes) is 1. The highest BCUT2D eigenvalue weighted by atomic mass is 14.7. The first kappa shape index (κ1) is 13.7. The quantitative estimate of drug-likeness (QED) is 0.744. The zero-order valence-corrected chi connectivity index (χ0v) is 11.6. The number of pyridine rings is 2. The second-order valence-electron chi connectivity index (χ2n) is 5.10. The highest BCUT2D eigenvalue weighted by molar-refractivity contribution is 5.11. The second-order valence-corrected chi connectivity index (χ2v) is 5.10. The van der Waals surface area contributed by atoms with Crippen LogP contribution in [0.3, 0.4) is 0 Å². The van der Waals surface area contributed by atoms with Gasteiger partial charge < -0.3 is 0 Å². The molecule has 0 aliphatic heterocycles. The van der Waals surface area contributed by atoms with Gasteiger partial charge >= 0.3 is 0 Å². The molecule has 2 nitrogen and oxygen atoms in total. The van der Waals surface area contributed by atoms with Crippen molar-refractivity contribution in [1.82, 2.24) is 9.97 Å². The molecule has 0 fully saturated rings. The first-order valence-electron chi connectivity index (χ1n) is 7.17. The summed E-state index contributed by atoms with van der Waals surface area (Å²) in [6.45, 7) is 2.25. The van der Waals surface area contributed by atoms with Gasteiger partial charge in [-0.25, -0.2) is 0 Å². The summed E-state index contributed by atoms with van der Waals surface area (Å²) in [5, 5.41) is 0. The van der Waals surface area contributed by atoms with E-state index in [1.807, 2.05) is 30.7 Å². The summed E-state index contributed by atoms with van der Waals surface area (Å²) in [4.78, 5) is 8.66. The van der Waals surface area contributed by atoms with Crippen molar-refractivity contribution < 1.29 is 0 Å². The minimum absolute atomic E-state index is 0.666. The van der Waals surface area contributed by atoms with Crippen molar-refractivity contribution in [3.63, 3.8) is 0 Å². The molecule has 2 aromatic rings. The van der Waals surface area contributed by atoms with Crippen molar-refractivity contribution in [3.05, 3.63) is 60.2 Å². The van der Waals surface area contributed by atoms with Crippen LogP contribution in [0.5, 0.6) is 0 Å². The summed E-state index contributed by atoms with van der Waals surface area (Å²) in [6.07, 6.45) is 11.7. The van der Waals surface area contributed by atoms with Gasteiger partial charge in [-0.3, -0.25) is 9.97 Å². The van der Waals surface area contributed by atoms with Crippen LogP contribution in [-0.4, -0.2) is 9.97 Å². The van der Waals surface area contributed by atoms with E-state index in [1.165, 1.54) is 30.5 Å². The Morgan fingerprint density at radius 1 is 1.05 bits per heavy atom. The fourth-order valence-corrected chi connectivity index (χ4v) is 2.44. The molecule has 2 aromatic heterocycles. The van der Waals surface area contributed by atoms with Crippen LogP contribution in [0.2, 0.25) is 0 Å². The molecule has 0 amide bonds. The van der Waals surface area contributed by atoms with Crippen LogP contribution in [0.25, 0.3) is 0 Å². The standard InChI is InChI=1S/C17H22N2/c1-2-3-7-15(12-16-8-6-10-18-14-16)13-17-9-4-5-11-19-17/h4-6,8-11,14-15H,2-3,7,12-13H2,1H3. The third kappa shape index (κ3) is 4.82. The molecule has 2 rings (SSSR count). The lowest BCUT2D eigenvalue weighted by Crippen LogP contribution is -2.09. The van der Waals surface area contributed by atoms with Gasteiger partial charge in [-0.1, -0.05) is 31.9 Å². The van der Waals surface area contributed by atoms with E-state index in [-0.39, 0.29) is 0 Å². The summed E-state index contributed by atoms with van der Waals surface area (Å²) in [5.74, 6) is 0.666. The number of hydrogen-bond acceptors (Lipinski definition) is 2. The highest BCUT2D eigenvalue weighted by Crippen LogP contribution is 2.19. The average molecular weight is 254 g/mol. The smallest absolute Gasteiger partial charge is 0.0406 e. The topological polar surface area (TPSA) is 25.8 Å². The molecule has 0 aromatic carbocycles. The lowest BCUT2D eigenvalue weighted by Gasteiger charge is -2.16. The monoisotopic (exact) mass is 254 g/mol. The van der Waals surface area contributed by atoms with Gasteiger partial charge in [-0.05, 0) is 48.9 Å². The Labute approximate surface area is 115 Å². The molecule has 0 bridgehead atoms. The number of hydrogen-bond donors (Lipinski definition) is 0. The molecule has 0 radical (unpaired) electrons. The number of aromatic nitrogens is 2. The Bertz CT molecular complexity index is 412. The lowest BCUT2D eigenvalue weighted by atomic mass is 9.90. The summed E-state index contributed by atoms with van der Waals surface area (Å²) >= 11 is 0. The van der Waals surface area contributed by atoms with Crippen molar-refractivity contribution >= 4 is 0 Å². The van der Waals surface area contributed by atoms with E-state index < -0.39 is 0 Å². The largest absolute Gasteiger partial charge is 0.264 e. The van der Waals surface area contributed by atoms with Crippen LogP contribution in [0, 0.1) is 5.92 Å². The molecule has 2 heterocycles. The number of nitrogens with zero attached hydrogens (tertiary/aromatic N) is 2. The van der Waals surface area contributed by atoms with E-state index in [4.69, 9.17) is 0 Å². The Morgan fingerprint density at radius 2 is 2.00 bits per heavy atom. The summed E-state index contributed by atoms with van der Waals surface area (Å²) in [6, 6.07) is 10.4. The molecule has 0 saturated heterocycles. The SMILES string of the molecule is CCCCC(Cc1cccnc1)Cc1ccccn1. The molecule has 0 spiro atoms. The molecular formula is C17H22N2. The summed E-state index contributed by atoms with van der Waals surface area (Å²) in [5.41, 5.74) is 2.53. The average Bonchev–Trinajstić information content (AvgIpc) is 2.47. The minimum Gasteiger partial charge on any atom is -0.264 e. The molecular weight excluding hydrogens is 232 g/mol. The van der Waals surface area contributed by atoms with Crippen LogP contribution in [0.15, 0.2) is 48.9 Å². The Hall–Kier alpha value is -1.70. The molecule has 1 atom stereocenters. The lowest BCUT2D eigenvalue weighted by molar-refractivity contribution is 0.455. The van der Waals surface area contributed by atoms with Gasteiger partial charge in [0.25, 0.3) is 0 Å². The molecule has 0 N–H and O–H groups in total. The van der Waals surface area contributed by atoms with E-state index in [0.717, 1.165) is 12.8 Å². The van der Waals surface area contributed by atoms with E-state index in [0.29, 0.717) is 5.92 Å². The molecule has 0 saturated carbocycles. The summed E-state index contributed by atoms with van der Waals surface area (Å²) in [7, 11) is 0. The number of rotatable bonds is 7. The molecule has 1 unspecified atom stereocenters. The second kappa shape index (κ2) is 7.67. The molecule has 19 heavy (non-hydrogen) atoms. The molecule has 2 heteroatoms. The van der Waals surface area contributed by atoms with Gasteiger partial charge in [-0.15, -0.1) is 0 Å². The van der Waals surface area contributed by atoms with Gasteiger partial charge in [0, 0.05) is 24.3 Å². The fourth-order valence-electron chi connectivity index (χ4n) is 2.44. The normalized spacial score (nSPS) is 12.3. The van der Waals surface area contributed by atoms with Crippen LogP contribution in [-0.2, 0) is 12.8 Å². The van der Waals surface area contributed by atoms with Gasteiger partial charge in [0.05, 0.1) is 0 Å². The fraction of sp³-hybridized carbons (Fsp3) is 0.412. The maximum absolute atomic E-state index is 4.45. The van der Waals surface area contributed by atoms with E-state index in [2.05, 4.69) is 35.1 Å². The highest BCUT2D eigenvalue weighted by Gasteiger charge is 2.11. The molecule has 100 valence electrons. The van der Waals surface area contributed by atoms with Crippen molar-refractivity contribution in [1.29, 1.82) is 0 Å². The predicted octanol–water partition coefficient (Wildman–Crippen LogP) is 4.07. The Balaban J connectivity index is 1.99. The van der Waals surface area contributed by atoms with Crippen molar-refractivity contribution in [2.75, 3.05) is 0 Å². The maximum atomic E-state index is 4.45. The summed E-state index contributed by atoms with van der Waals surface area (Å²) < 4.78 is 0. The van der Waals surface area contributed by atoms with Crippen molar-refractivity contribution in [2.24, 2.45) is 5.92 Å². The van der Waals surface area contributed by atoms with Crippen molar-refractivity contribution in [3.8, 4) is 0 Å². The first-order valence-corrected chi connectivity index (χ1v) is 7.17. The van der Waals surface area contributed by atoms with E-state index >= 15 is 0 Å². The third-order valence-corrected chi connectivity index (χ3v) is 3.44. The third-order valence-electron chi connectivity index (χ3n) is 3.44. The maximum Gasteiger partial charge on any atom is 0.0406 e. The zero-order chi connectivity index (χ0) is 13.3. The molecule has 0 aliphatic rings. The van der Waals surface area contributed by atoms with Gasteiger partial charge in [-0.2, -0.15) is 0 Å². The Morgan fingerprint density at radius 3 is 2.68 bits per heavy atom. The van der Waals surface area contributed by atoms with E-state index in [9.17, 15) is 0 Å². The van der Waals surface area contributed by atoms with Crippen LogP contribution in [0.1, 0.15) is 37.4 Å². The molecule has 0 aliphatic carbocycles. The van der Waals surface area contributed by atoms with Crippen LogP contribution >= 0.6 is 0 Å². The van der Waals surface area contributed by atoms with Gasteiger partial charge in [0.2, 0.25) is 0 Å². The van der Waals surface area contributed by atoms with Crippen molar-refractivity contribution in [2.45, 2.75) is 39.0 Å².